The number of nitrogens with zero attached hydrogens (tertiary/aromatic N) is 2. The predicted octanol–water partition coefficient (Wildman–Crippen LogP) is 5.78. The third-order valence-corrected chi connectivity index (χ3v) is 13.6. The number of carboxylic acid groups (broad SMARTS) is 1. The van der Waals surface area contributed by atoms with Crippen molar-refractivity contribution < 1.29 is 42.4 Å². The van der Waals surface area contributed by atoms with Crippen LogP contribution >= 0.6 is 0 Å². The highest BCUT2D eigenvalue weighted by Crippen LogP contribution is 2.35. The molecule has 0 saturated heterocycles. The second-order valence-electron chi connectivity index (χ2n) is 18.9. The molecule has 68 heavy (non-hydrogen) atoms. The van der Waals surface area contributed by atoms with Crippen molar-refractivity contribution in [3.05, 3.63) is 143 Å². The maximum atomic E-state index is 12.8. The summed E-state index contributed by atoms with van der Waals surface area (Å²) >= 11 is 0. The van der Waals surface area contributed by atoms with Crippen molar-refractivity contribution in [1.82, 2.24) is 15.3 Å². The lowest BCUT2D eigenvalue weighted by Gasteiger charge is -2.17. The molecule has 8 rings (SSSR count). The summed E-state index contributed by atoms with van der Waals surface area (Å²) in [7, 11) is 0. The zero-order chi connectivity index (χ0) is 48.0. The molecule has 9 N–H and O–H groups in total. The van der Waals surface area contributed by atoms with E-state index in [2.05, 4.69) is 106 Å². The van der Waals surface area contributed by atoms with Gasteiger partial charge in [0.1, 0.15) is 17.7 Å². The number of rotatable bonds is 15. The van der Waals surface area contributed by atoms with Crippen LogP contribution in [0, 0.1) is 37.5 Å². The minimum Gasteiger partial charge on any atom is -1.00 e. The number of benzene rings is 4. The Kier molecular flexibility index (Phi) is 19.6. The molecular weight excluding hydrogens is 872 g/mol. The second kappa shape index (κ2) is 25.3. The van der Waals surface area contributed by atoms with E-state index in [0.717, 1.165) is 80.3 Å². The van der Waals surface area contributed by atoms with Crippen LogP contribution in [0.1, 0.15) is 98.9 Å². The lowest BCUT2D eigenvalue weighted by Crippen LogP contribution is -3.00. The van der Waals surface area contributed by atoms with Crippen molar-refractivity contribution in [2.24, 2.45) is 23.7 Å². The number of carbonyl (C=O) groups excluding carboxylic acids is 3. The van der Waals surface area contributed by atoms with Crippen LogP contribution in [-0.2, 0) is 44.9 Å². The van der Waals surface area contributed by atoms with Crippen molar-refractivity contribution in [3.63, 3.8) is 0 Å². The van der Waals surface area contributed by atoms with Crippen molar-refractivity contribution in [1.29, 1.82) is 0 Å². The topological polar surface area (TPSA) is 206 Å². The van der Waals surface area contributed by atoms with Gasteiger partial charge in [0.25, 0.3) is 0 Å². The second-order valence-corrected chi connectivity index (χ2v) is 18.9. The van der Waals surface area contributed by atoms with Crippen LogP contribution in [-0.4, -0.2) is 50.6 Å². The number of nitrogen functional groups attached to an aromatic ring is 2. The number of amides is 1. The van der Waals surface area contributed by atoms with Gasteiger partial charge in [-0.3, -0.25) is 19.2 Å². The zero-order valence-electron chi connectivity index (χ0n) is 40.1. The average molecular weight is 942 g/mol. The SMILES string of the molecule is Cc1nc(N)ccc1CCC(=O)[C@H](C)NC(=O)[C@@H]1CC[C@@H](Cc2ccc3ccccc3c2)C1.Cc1nc(N)ccc1CCC(=O)[C@H](C)[NH3+].O=C(O)[C@@H]1CC[C@@H](Cc2ccc3ccccc3c2)C1.[Cl-]. The van der Waals surface area contributed by atoms with Crippen LogP contribution in [0.5, 0.6) is 0 Å². The van der Waals surface area contributed by atoms with Crippen molar-refractivity contribution in [2.75, 3.05) is 11.5 Å². The maximum absolute atomic E-state index is 12.8. The molecule has 2 saturated carbocycles. The van der Waals surface area contributed by atoms with Crippen LogP contribution in [0.3, 0.4) is 0 Å². The molecule has 0 unspecified atom stereocenters. The number of aliphatic carboxylic acids is 1. The summed E-state index contributed by atoms with van der Waals surface area (Å²) in [5, 5.41) is 17.1. The minimum absolute atomic E-state index is 0. The van der Waals surface area contributed by atoms with E-state index >= 15 is 0 Å². The third-order valence-electron chi connectivity index (χ3n) is 13.6. The van der Waals surface area contributed by atoms with E-state index in [-0.39, 0.29) is 47.8 Å². The first-order valence-corrected chi connectivity index (χ1v) is 23.9. The van der Waals surface area contributed by atoms with Gasteiger partial charge in [-0.2, -0.15) is 0 Å². The van der Waals surface area contributed by atoms with Crippen LogP contribution < -0.4 is 34.9 Å². The molecule has 11 nitrogen and oxygen atoms in total. The van der Waals surface area contributed by atoms with Gasteiger partial charge in [0.15, 0.2) is 11.6 Å². The number of fused-ring (bicyclic) bond motifs is 2. The normalized spacial score (nSPS) is 18.2. The quantitative estimate of drug-likeness (QED) is 0.0845. The smallest absolute Gasteiger partial charge is 0.306 e. The van der Waals surface area contributed by atoms with Gasteiger partial charge in [0, 0.05) is 30.1 Å². The fraction of sp³-hybridized carbons (Fsp3) is 0.393. The highest BCUT2D eigenvalue weighted by molar-refractivity contribution is 5.90. The van der Waals surface area contributed by atoms with Gasteiger partial charge in [0.05, 0.1) is 12.0 Å². The van der Waals surface area contributed by atoms with Gasteiger partial charge in [0.2, 0.25) is 5.91 Å². The van der Waals surface area contributed by atoms with Crippen molar-refractivity contribution >= 4 is 56.6 Å². The van der Waals surface area contributed by atoms with Gasteiger partial charge in [-0.25, -0.2) is 9.97 Å². The number of aryl methyl sites for hydroxylation is 4. The summed E-state index contributed by atoms with van der Waals surface area (Å²) in [6.45, 7) is 7.41. The number of pyridine rings is 2. The fourth-order valence-corrected chi connectivity index (χ4v) is 9.52. The van der Waals surface area contributed by atoms with E-state index in [4.69, 9.17) is 16.6 Å². The van der Waals surface area contributed by atoms with Gasteiger partial charge >= 0.3 is 5.97 Å². The van der Waals surface area contributed by atoms with E-state index in [1.807, 2.05) is 32.9 Å². The molecular formula is C56H69ClN6O5. The van der Waals surface area contributed by atoms with E-state index in [0.29, 0.717) is 42.7 Å². The number of anilines is 2. The summed E-state index contributed by atoms with van der Waals surface area (Å²) in [6, 6.07) is 36.8. The number of quaternary nitrogens is 1. The third kappa shape index (κ3) is 15.4. The summed E-state index contributed by atoms with van der Waals surface area (Å²) in [6.07, 6.45) is 9.79. The number of aromatic nitrogens is 2. The van der Waals surface area contributed by atoms with E-state index < -0.39 is 12.0 Å². The number of Topliss-reactive ketones (excluding diaryl/α,β-unsaturated/α-hetero) is 2. The number of nitrogens with two attached hydrogens (primary N) is 2. The Morgan fingerprint density at radius 3 is 1.51 bits per heavy atom. The zero-order valence-corrected chi connectivity index (χ0v) is 40.8. The largest absolute Gasteiger partial charge is 1.00 e. The minimum atomic E-state index is -0.624. The molecule has 2 fully saturated rings. The first-order valence-electron chi connectivity index (χ1n) is 23.9. The molecule has 2 aliphatic rings. The summed E-state index contributed by atoms with van der Waals surface area (Å²) in [5.41, 5.74) is 21.5. The Labute approximate surface area is 407 Å². The molecule has 360 valence electrons. The van der Waals surface area contributed by atoms with E-state index in [9.17, 15) is 19.2 Å². The van der Waals surface area contributed by atoms with Crippen LogP contribution in [0.2, 0.25) is 0 Å². The summed E-state index contributed by atoms with van der Waals surface area (Å²) < 4.78 is 0. The summed E-state index contributed by atoms with van der Waals surface area (Å²) in [5.74, 6) is 1.54. The van der Waals surface area contributed by atoms with Gasteiger partial charge in [-0.05, 0) is 160 Å². The van der Waals surface area contributed by atoms with Gasteiger partial charge in [-0.15, -0.1) is 0 Å². The highest BCUT2D eigenvalue weighted by Gasteiger charge is 2.32. The number of ketones is 2. The predicted molar refractivity (Wildman–Crippen MR) is 268 cm³/mol. The molecule has 6 aromatic rings. The average Bonchev–Trinajstić information content (AvgIpc) is 3.99. The monoisotopic (exact) mass is 941 g/mol. The molecule has 2 aromatic heterocycles. The molecule has 2 heterocycles. The number of nitrogens with one attached hydrogen (secondary N) is 1. The number of carbonyl (C=O) groups is 4. The molecule has 0 radical (unpaired) electrons. The number of hydrogen-bond donors (Lipinski definition) is 5. The number of halogens is 1. The first kappa shape index (κ1) is 52.8. The van der Waals surface area contributed by atoms with Gasteiger partial charge in [-0.1, -0.05) is 97.1 Å². The Morgan fingerprint density at radius 2 is 1.07 bits per heavy atom. The molecule has 1 amide bonds. The standard InChI is InChI=1S/C28H33N3O2.C17H18O2.C11H17N3O.ClH/c1-18-22(12-14-27(29)30-18)11-13-26(32)19(2)31-28(33)25-10-8-21(17-25)15-20-7-9-23-5-3-4-6-24(23)16-20;18-17(19)16-8-6-13(11-16)9-12-5-7-14-3-1-2-4-15(14)10-12;1-7(12)10(15)5-3-9-4-6-11(13)14-8(9)2;/h3-7,9,12,14,16,19,21,25H,8,10-11,13,15,17H2,1-2H3,(H2,29,30)(H,31,33);1-5,7,10,13,16H,6,8-9,11H2,(H,18,19);4,6-7H,3,5,12H2,1-2H3,(H2,13,14);1H/t19-,21-,25+;13-,16+;7-;/m000./s1. The molecule has 6 atom stereocenters. The molecule has 2 aliphatic carbocycles. The van der Waals surface area contributed by atoms with Crippen LogP contribution in [0.15, 0.2) is 109 Å². The number of hydrogen-bond acceptors (Lipinski definition) is 8. The van der Waals surface area contributed by atoms with E-state index in [1.165, 1.54) is 32.7 Å². The maximum Gasteiger partial charge on any atom is 0.306 e. The Morgan fingerprint density at radius 1 is 0.632 bits per heavy atom. The summed E-state index contributed by atoms with van der Waals surface area (Å²) in [4.78, 5) is 56.2. The van der Waals surface area contributed by atoms with Crippen molar-refractivity contribution in [2.45, 2.75) is 117 Å². The van der Waals surface area contributed by atoms with Gasteiger partial charge < -0.3 is 40.0 Å². The molecule has 4 aromatic carbocycles. The lowest BCUT2D eigenvalue weighted by atomic mass is 9.95. The highest BCUT2D eigenvalue weighted by atomic mass is 35.5. The van der Waals surface area contributed by atoms with Crippen LogP contribution in [0.4, 0.5) is 11.6 Å². The molecule has 12 heteroatoms. The molecule has 0 aliphatic heterocycles. The Hall–Kier alpha value is -6.17. The Balaban J connectivity index is 0.000000209. The lowest BCUT2D eigenvalue weighted by molar-refractivity contribution is -0.397. The fourth-order valence-electron chi connectivity index (χ4n) is 9.52. The first-order chi connectivity index (χ1) is 32.1. The van der Waals surface area contributed by atoms with Crippen molar-refractivity contribution in [3.8, 4) is 0 Å². The Bertz CT molecular complexity index is 2670. The van der Waals surface area contributed by atoms with E-state index in [1.54, 1.807) is 19.1 Å². The molecule has 0 spiro atoms. The number of carboxylic acids is 1. The van der Waals surface area contributed by atoms with Crippen LogP contribution in [0.25, 0.3) is 21.5 Å². The molecule has 0 bridgehead atoms.